The van der Waals surface area contributed by atoms with Crippen molar-refractivity contribution in [1.82, 2.24) is 15.5 Å². The molecule has 0 aliphatic carbocycles. The predicted octanol–water partition coefficient (Wildman–Crippen LogP) is 3.54. The van der Waals surface area contributed by atoms with E-state index in [1.165, 1.54) is 31.4 Å². The summed E-state index contributed by atoms with van der Waals surface area (Å²) in [5.41, 5.74) is 1.41. The van der Waals surface area contributed by atoms with Crippen LogP contribution in [-0.4, -0.2) is 50.1 Å². The second-order valence-corrected chi connectivity index (χ2v) is 8.26. The van der Waals surface area contributed by atoms with E-state index in [-0.39, 0.29) is 30.7 Å². The molecule has 4 nitrogen and oxygen atoms in total. The van der Waals surface area contributed by atoms with E-state index in [9.17, 15) is 4.79 Å². The Hall–Kier alpha value is -0.810. The third-order valence-corrected chi connectivity index (χ3v) is 6.21. The topological polar surface area (TPSA) is 44.4 Å². The van der Waals surface area contributed by atoms with Crippen molar-refractivity contribution < 1.29 is 4.79 Å². The number of halogens is 2. The lowest BCUT2D eigenvalue weighted by Gasteiger charge is -2.28. The van der Waals surface area contributed by atoms with Gasteiger partial charge in [-0.05, 0) is 68.6 Å². The van der Waals surface area contributed by atoms with Gasteiger partial charge in [-0.25, -0.2) is 0 Å². The van der Waals surface area contributed by atoms with E-state index in [1.807, 2.05) is 0 Å². The van der Waals surface area contributed by atoms with E-state index in [2.05, 4.69) is 52.8 Å². The van der Waals surface area contributed by atoms with Crippen molar-refractivity contribution in [3.8, 4) is 0 Å². The van der Waals surface area contributed by atoms with Gasteiger partial charge in [0.05, 0.1) is 0 Å². The number of carbonyl (C=O) groups excluding carboxylic acids is 1. The number of likely N-dealkylation sites (tertiary alicyclic amines) is 1. The SMILES string of the molecule is CC(CC(=O)NCC1CCN(CCc2ccccc2)C1)C1CCNCC1.Cl.Cl. The number of hydrogen-bond acceptors (Lipinski definition) is 3. The first-order chi connectivity index (χ1) is 12.7. The highest BCUT2D eigenvalue weighted by molar-refractivity contribution is 5.85. The molecule has 1 aromatic rings. The van der Waals surface area contributed by atoms with Crippen LogP contribution in [0, 0.1) is 17.8 Å². The molecule has 2 saturated heterocycles. The first kappa shape index (κ1) is 25.2. The zero-order valence-electron chi connectivity index (χ0n) is 17.1. The fourth-order valence-corrected chi connectivity index (χ4v) is 4.42. The van der Waals surface area contributed by atoms with E-state index < -0.39 is 0 Å². The molecule has 28 heavy (non-hydrogen) atoms. The van der Waals surface area contributed by atoms with Crippen LogP contribution in [0.15, 0.2) is 30.3 Å². The Morgan fingerprint density at radius 1 is 1.18 bits per heavy atom. The Labute approximate surface area is 183 Å². The van der Waals surface area contributed by atoms with Crippen molar-refractivity contribution in [3.05, 3.63) is 35.9 Å². The van der Waals surface area contributed by atoms with Crippen LogP contribution in [0.1, 0.15) is 38.2 Å². The maximum absolute atomic E-state index is 12.3. The number of carbonyl (C=O) groups is 1. The normalized spacial score (nSPS) is 21.4. The quantitative estimate of drug-likeness (QED) is 0.663. The molecule has 2 aliphatic rings. The Kier molecular flexibility index (Phi) is 12.1. The summed E-state index contributed by atoms with van der Waals surface area (Å²) in [4.78, 5) is 14.8. The summed E-state index contributed by atoms with van der Waals surface area (Å²) in [5.74, 6) is 2.08. The van der Waals surface area contributed by atoms with Gasteiger partial charge in [-0.3, -0.25) is 4.79 Å². The smallest absolute Gasteiger partial charge is 0.220 e. The van der Waals surface area contributed by atoms with Gasteiger partial charge < -0.3 is 15.5 Å². The van der Waals surface area contributed by atoms with Crippen LogP contribution < -0.4 is 10.6 Å². The van der Waals surface area contributed by atoms with Gasteiger partial charge in [0.25, 0.3) is 0 Å². The Balaban J connectivity index is 0.00000196. The minimum absolute atomic E-state index is 0. The van der Waals surface area contributed by atoms with E-state index in [4.69, 9.17) is 0 Å². The van der Waals surface area contributed by atoms with Crippen LogP contribution in [0.5, 0.6) is 0 Å². The van der Waals surface area contributed by atoms with Crippen LogP contribution in [0.25, 0.3) is 0 Å². The largest absolute Gasteiger partial charge is 0.356 e. The van der Waals surface area contributed by atoms with Crippen molar-refractivity contribution in [2.75, 3.05) is 39.3 Å². The number of hydrogen-bond donors (Lipinski definition) is 2. The zero-order chi connectivity index (χ0) is 18.2. The number of amides is 1. The Bertz CT molecular complexity index is 552. The molecule has 0 radical (unpaired) electrons. The van der Waals surface area contributed by atoms with Gasteiger partial charge in [-0.15, -0.1) is 24.8 Å². The van der Waals surface area contributed by atoms with Crippen LogP contribution in [0.3, 0.4) is 0 Å². The molecule has 1 aromatic carbocycles. The average molecular weight is 430 g/mol. The zero-order valence-corrected chi connectivity index (χ0v) is 18.7. The Morgan fingerprint density at radius 3 is 2.61 bits per heavy atom. The molecule has 1 amide bonds. The summed E-state index contributed by atoms with van der Waals surface area (Å²) in [6, 6.07) is 10.7. The molecule has 0 aromatic heterocycles. The maximum atomic E-state index is 12.3. The molecule has 2 heterocycles. The number of piperidine rings is 1. The summed E-state index contributed by atoms with van der Waals surface area (Å²) in [7, 11) is 0. The second-order valence-electron chi connectivity index (χ2n) is 8.26. The molecule has 2 atom stereocenters. The van der Waals surface area contributed by atoms with Crippen LogP contribution in [0.2, 0.25) is 0 Å². The monoisotopic (exact) mass is 429 g/mol. The molecule has 160 valence electrons. The van der Waals surface area contributed by atoms with Gasteiger partial charge in [0, 0.05) is 26.1 Å². The highest BCUT2D eigenvalue weighted by atomic mass is 35.5. The van der Waals surface area contributed by atoms with Gasteiger partial charge >= 0.3 is 0 Å². The van der Waals surface area contributed by atoms with E-state index in [0.717, 1.165) is 39.1 Å². The fourth-order valence-electron chi connectivity index (χ4n) is 4.42. The molecule has 0 saturated carbocycles. The first-order valence-corrected chi connectivity index (χ1v) is 10.4. The molecular formula is C22H37Cl2N3O. The van der Waals surface area contributed by atoms with Gasteiger partial charge in [0.15, 0.2) is 0 Å². The lowest BCUT2D eigenvalue weighted by Crippen LogP contribution is -2.35. The lowest BCUT2D eigenvalue weighted by molar-refractivity contribution is -0.122. The van der Waals surface area contributed by atoms with Gasteiger partial charge in [0.2, 0.25) is 5.91 Å². The number of nitrogens with zero attached hydrogens (tertiary/aromatic N) is 1. The average Bonchev–Trinajstić information content (AvgIpc) is 3.14. The van der Waals surface area contributed by atoms with E-state index in [1.54, 1.807) is 0 Å². The van der Waals surface area contributed by atoms with Crippen molar-refractivity contribution >= 4 is 30.7 Å². The van der Waals surface area contributed by atoms with Gasteiger partial charge in [-0.1, -0.05) is 37.3 Å². The summed E-state index contributed by atoms with van der Waals surface area (Å²) < 4.78 is 0. The molecular weight excluding hydrogens is 393 g/mol. The lowest BCUT2D eigenvalue weighted by atomic mass is 9.84. The van der Waals surface area contributed by atoms with Crippen molar-refractivity contribution in [1.29, 1.82) is 0 Å². The van der Waals surface area contributed by atoms with Gasteiger partial charge in [-0.2, -0.15) is 0 Å². The number of rotatable bonds is 8. The van der Waals surface area contributed by atoms with Crippen molar-refractivity contribution in [2.24, 2.45) is 17.8 Å². The molecule has 6 heteroatoms. The molecule has 0 spiro atoms. The molecule has 3 rings (SSSR count). The summed E-state index contributed by atoms with van der Waals surface area (Å²) >= 11 is 0. The number of benzene rings is 1. The fraction of sp³-hybridized carbons (Fsp3) is 0.682. The highest BCUT2D eigenvalue weighted by Crippen LogP contribution is 2.24. The summed E-state index contributed by atoms with van der Waals surface area (Å²) in [6.45, 7) is 8.72. The van der Waals surface area contributed by atoms with Crippen molar-refractivity contribution in [2.45, 2.75) is 39.0 Å². The molecule has 2 N–H and O–H groups in total. The predicted molar refractivity (Wildman–Crippen MR) is 122 cm³/mol. The standard InChI is InChI=1S/C22H35N3O.2ClH/c1-18(21-7-11-23-12-8-21)15-22(26)24-16-20-10-14-25(17-20)13-9-19-5-3-2-4-6-19;;/h2-6,18,20-21,23H,7-17H2,1H3,(H,24,26);2*1H. The first-order valence-electron chi connectivity index (χ1n) is 10.4. The molecule has 2 fully saturated rings. The summed E-state index contributed by atoms with van der Waals surface area (Å²) in [6.07, 6.45) is 5.45. The second kappa shape index (κ2) is 13.4. The minimum Gasteiger partial charge on any atom is -0.356 e. The van der Waals surface area contributed by atoms with Crippen LogP contribution in [-0.2, 0) is 11.2 Å². The molecule has 2 unspecified atom stereocenters. The van der Waals surface area contributed by atoms with Crippen LogP contribution in [0.4, 0.5) is 0 Å². The minimum atomic E-state index is 0. The van der Waals surface area contributed by atoms with Crippen LogP contribution >= 0.6 is 24.8 Å². The third-order valence-electron chi connectivity index (χ3n) is 6.21. The summed E-state index contributed by atoms with van der Waals surface area (Å²) in [5, 5.41) is 6.61. The van der Waals surface area contributed by atoms with Crippen molar-refractivity contribution in [3.63, 3.8) is 0 Å². The molecule has 0 bridgehead atoms. The van der Waals surface area contributed by atoms with E-state index in [0.29, 0.717) is 24.2 Å². The number of nitrogens with one attached hydrogen (secondary N) is 2. The van der Waals surface area contributed by atoms with Gasteiger partial charge in [0.1, 0.15) is 0 Å². The highest BCUT2D eigenvalue weighted by Gasteiger charge is 2.24. The molecule has 2 aliphatic heterocycles. The third kappa shape index (κ3) is 8.28. The van der Waals surface area contributed by atoms with E-state index >= 15 is 0 Å². The maximum Gasteiger partial charge on any atom is 0.220 e. The Morgan fingerprint density at radius 2 is 1.89 bits per heavy atom.